The zero-order valence-electron chi connectivity index (χ0n) is 10.6. The molecule has 3 heteroatoms. The van der Waals surface area contributed by atoms with Crippen LogP contribution in [0.1, 0.15) is 11.1 Å². The second-order valence-electron chi connectivity index (χ2n) is 4.09. The first-order valence-electron chi connectivity index (χ1n) is 5.84. The minimum absolute atomic E-state index is 0.570. The van der Waals surface area contributed by atoms with Crippen LogP contribution in [0.3, 0.4) is 0 Å². The highest BCUT2D eigenvalue weighted by Gasteiger charge is 2.04. The minimum Gasteiger partial charge on any atom is -0.497 e. The molecule has 0 aromatic heterocycles. The number of methoxy groups -OCH3 is 1. The Morgan fingerprint density at radius 1 is 1.11 bits per heavy atom. The maximum atomic E-state index is 5.79. The summed E-state index contributed by atoms with van der Waals surface area (Å²) in [6.07, 6.45) is 0. The number of hydrogen-bond acceptors (Lipinski definition) is 3. The van der Waals surface area contributed by atoms with Crippen molar-refractivity contribution < 1.29 is 4.74 Å². The van der Waals surface area contributed by atoms with Crippen molar-refractivity contribution in [3.8, 4) is 5.75 Å². The van der Waals surface area contributed by atoms with Crippen molar-refractivity contribution in [3.05, 3.63) is 53.6 Å². The summed E-state index contributed by atoms with van der Waals surface area (Å²) in [6.45, 7) is 2.65. The predicted octanol–water partition coefficient (Wildman–Crippen LogP) is 3.61. The molecule has 0 spiro atoms. The van der Waals surface area contributed by atoms with Crippen molar-refractivity contribution in [2.24, 2.45) is 5.73 Å². The summed E-state index contributed by atoms with van der Waals surface area (Å²) in [7, 11) is 1.68. The molecule has 18 heavy (non-hydrogen) atoms. The Hall–Kier alpha value is -1.45. The van der Waals surface area contributed by atoms with E-state index >= 15 is 0 Å². The molecule has 0 saturated heterocycles. The summed E-state index contributed by atoms with van der Waals surface area (Å²) in [5.41, 5.74) is 8.22. The van der Waals surface area contributed by atoms with Gasteiger partial charge in [0.15, 0.2) is 0 Å². The van der Waals surface area contributed by atoms with E-state index in [0.29, 0.717) is 6.54 Å². The number of ether oxygens (including phenoxy) is 1. The summed E-state index contributed by atoms with van der Waals surface area (Å²) >= 11 is 1.73. The van der Waals surface area contributed by atoms with Gasteiger partial charge < -0.3 is 10.5 Å². The first-order valence-corrected chi connectivity index (χ1v) is 6.66. The van der Waals surface area contributed by atoms with Crippen LogP contribution in [0.5, 0.6) is 5.75 Å². The van der Waals surface area contributed by atoms with Crippen LogP contribution in [0.25, 0.3) is 0 Å². The Balaban J connectivity index is 2.22. The predicted molar refractivity (Wildman–Crippen MR) is 76.2 cm³/mol. The minimum atomic E-state index is 0.570. The van der Waals surface area contributed by atoms with Crippen LogP contribution < -0.4 is 10.5 Å². The molecule has 0 heterocycles. The molecule has 0 atom stereocenters. The van der Waals surface area contributed by atoms with Gasteiger partial charge in [0.1, 0.15) is 5.75 Å². The number of nitrogens with two attached hydrogens (primary N) is 1. The highest BCUT2D eigenvalue weighted by molar-refractivity contribution is 7.99. The fraction of sp³-hybridized carbons (Fsp3) is 0.200. The summed E-state index contributed by atoms with van der Waals surface area (Å²) in [5, 5.41) is 0. The summed E-state index contributed by atoms with van der Waals surface area (Å²) < 4.78 is 5.15. The van der Waals surface area contributed by atoms with Crippen molar-refractivity contribution in [3.63, 3.8) is 0 Å². The lowest BCUT2D eigenvalue weighted by molar-refractivity contribution is 0.414. The Kier molecular flexibility index (Phi) is 4.28. The fourth-order valence-electron chi connectivity index (χ4n) is 1.74. The van der Waals surface area contributed by atoms with Gasteiger partial charge in [-0.3, -0.25) is 0 Å². The topological polar surface area (TPSA) is 35.2 Å². The van der Waals surface area contributed by atoms with Gasteiger partial charge in [-0.1, -0.05) is 29.5 Å². The molecule has 2 nitrogen and oxygen atoms in total. The Morgan fingerprint density at radius 2 is 1.83 bits per heavy atom. The SMILES string of the molecule is COc1ccc(Sc2ccc(C)cc2CN)cc1. The highest BCUT2D eigenvalue weighted by Crippen LogP contribution is 2.31. The van der Waals surface area contributed by atoms with E-state index < -0.39 is 0 Å². The zero-order valence-corrected chi connectivity index (χ0v) is 11.5. The molecule has 2 aromatic rings. The largest absolute Gasteiger partial charge is 0.497 e. The van der Waals surface area contributed by atoms with Gasteiger partial charge >= 0.3 is 0 Å². The third kappa shape index (κ3) is 3.06. The van der Waals surface area contributed by atoms with E-state index in [4.69, 9.17) is 10.5 Å². The number of benzene rings is 2. The molecular formula is C15H17NOS. The summed E-state index contributed by atoms with van der Waals surface area (Å²) in [5.74, 6) is 0.877. The lowest BCUT2D eigenvalue weighted by Crippen LogP contribution is -1.98. The van der Waals surface area contributed by atoms with Gasteiger partial charge in [-0.15, -0.1) is 0 Å². The third-order valence-corrected chi connectivity index (χ3v) is 3.85. The molecule has 0 aliphatic rings. The van der Waals surface area contributed by atoms with E-state index in [1.54, 1.807) is 18.9 Å². The highest BCUT2D eigenvalue weighted by atomic mass is 32.2. The molecule has 94 valence electrons. The standard InChI is InChI=1S/C15H17NOS/c1-11-3-8-15(12(9-11)10-16)18-14-6-4-13(17-2)5-7-14/h3-9H,10,16H2,1-2H3. The van der Waals surface area contributed by atoms with Crippen molar-refractivity contribution in [2.75, 3.05) is 7.11 Å². The van der Waals surface area contributed by atoms with Crippen molar-refractivity contribution in [2.45, 2.75) is 23.3 Å². The van der Waals surface area contributed by atoms with Crippen molar-refractivity contribution in [1.29, 1.82) is 0 Å². The molecule has 0 saturated carbocycles. The zero-order chi connectivity index (χ0) is 13.0. The van der Waals surface area contributed by atoms with Gasteiger partial charge in [0, 0.05) is 16.3 Å². The number of hydrogen-bond donors (Lipinski definition) is 1. The Bertz CT molecular complexity index is 523. The molecule has 0 fully saturated rings. The number of aryl methyl sites for hydroxylation is 1. The monoisotopic (exact) mass is 259 g/mol. The Morgan fingerprint density at radius 3 is 2.44 bits per heavy atom. The van der Waals surface area contributed by atoms with Gasteiger partial charge in [-0.25, -0.2) is 0 Å². The quantitative estimate of drug-likeness (QED) is 0.911. The van der Waals surface area contributed by atoms with E-state index in [1.165, 1.54) is 20.9 Å². The molecule has 0 aliphatic carbocycles. The van der Waals surface area contributed by atoms with Crippen LogP contribution in [0.15, 0.2) is 52.3 Å². The maximum absolute atomic E-state index is 5.79. The lowest BCUT2D eigenvalue weighted by Gasteiger charge is -2.09. The molecule has 0 bridgehead atoms. The molecule has 0 amide bonds. The Labute approximate surface area is 112 Å². The maximum Gasteiger partial charge on any atom is 0.118 e. The first-order chi connectivity index (χ1) is 8.72. The molecule has 0 unspecified atom stereocenters. The van der Waals surface area contributed by atoms with Crippen LogP contribution >= 0.6 is 11.8 Å². The van der Waals surface area contributed by atoms with E-state index in [2.05, 4.69) is 37.3 Å². The second kappa shape index (κ2) is 5.94. The normalized spacial score (nSPS) is 10.4. The van der Waals surface area contributed by atoms with Gasteiger partial charge in [0.25, 0.3) is 0 Å². The van der Waals surface area contributed by atoms with E-state index in [0.717, 1.165) is 5.75 Å². The van der Waals surface area contributed by atoms with Crippen LogP contribution in [0.4, 0.5) is 0 Å². The molecule has 2 N–H and O–H groups in total. The van der Waals surface area contributed by atoms with Crippen LogP contribution in [-0.4, -0.2) is 7.11 Å². The van der Waals surface area contributed by atoms with Gasteiger partial charge in [-0.2, -0.15) is 0 Å². The fourth-order valence-corrected chi connectivity index (χ4v) is 2.67. The average Bonchev–Trinajstić information content (AvgIpc) is 2.41. The lowest BCUT2D eigenvalue weighted by atomic mass is 10.1. The van der Waals surface area contributed by atoms with Gasteiger partial charge in [0.05, 0.1) is 7.11 Å². The van der Waals surface area contributed by atoms with E-state index in [9.17, 15) is 0 Å². The van der Waals surface area contributed by atoms with Crippen LogP contribution in [-0.2, 0) is 6.54 Å². The van der Waals surface area contributed by atoms with Crippen LogP contribution in [0.2, 0.25) is 0 Å². The van der Waals surface area contributed by atoms with Gasteiger partial charge in [0.2, 0.25) is 0 Å². The first kappa shape index (κ1) is 13.0. The summed E-state index contributed by atoms with van der Waals surface area (Å²) in [4.78, 5) is 2.41. The molecular weight excluding hydrogens is 242 g/mol. The molecule has 0 radical (unpaired) electrons. The van der Waals surface area contributed by atoms with Crippen LogP contribution in [0, 0.1) is 6.92 Å². The van der Waals surface area contributed by atoms with E-state index in [-0.39, 0.29) is 0 Å². The third-order valence-electron chi connectivity index (χ3n) is 2.72. The average molecular weight is 259 g/mol. The summed E-state index contributed by atoms with van der Waals surface area (Å²) in [6, 6.07) is 14.5. The molecule has 2 aromatic carbocycles. The van der Waals surface area contributed by atoms with E-state index in [1.807, 2.05) is 12.1 Å². The smallest absolute Gasteiger partial charge is 0.118 e. The number of rotatable bonds is 4. The van der Waals surface area contributed by atoms with Gasteiger partial charge in [-0.05, 0) is 42.8 Å². The molecule has 2 rings (SSSR count). The molecule has 0 aliphatic heterocycles. The van der Waals surface area contributed by atoms with Crippen molar-refractivity contribution >= 4 is 11.8 Å². The van der Waals surface area contributed by atoms with Crippen molar-refractivity contribution in [1.82, 2.24) is 0 Å². The second-order valence-corrected chi connectivity index (χ2v) is 5.21.